The molecule has 0 saturated heterocycles. The van der Waals surface area contributed by atoms with Crippen LogP contribution < -0.4 is 10.5 Å². The lowest BCUT2D eigenvalue weighted by atomic mass is 10.1. The Morgan fingerprint density at radius 3 is 2.86 bits per heavy atom. The number of hydrogen-bond acceptors (Lipinski definition) is 9. The standard InChI is InChI=1S/C24H29ClN6O5S/c1-14-6-21(30-31(14)15(2)17-4-3-5-19(25)9-17)23(33)20-11-27-13-29-24(20)28-10-16-7-18(22(32)8-16)12-36-37(26,34)35/h3-6,9,11,13,15-16,18,22,32H,7-8,10,12H2,1-2H3,(H2,26,34,35)(H,27,28,29)/t15?,16-,18-,22+/m1/s1. The molecule has 11 nitrogen and oxygen atoms in total. The zero-order chi connectivity index (χ0) is 26.7. The molecular formula is C24H29ClN6O5S. The summed E-state index contributed by atoms with van der Waals surface area (Å²) < 4.78 is 28.5. The summed E-state index contributed by atoms with van der Waals surface area (Å²) in [5.74, 6) is -0.310. The van der Waals surface area contributed by atoms with Crippen LogP contribution in [-0.4, -0.2) is 58.3 Å². The van der Waals surface area contributed by atoms with Gasteiger partial charge in [-0.15, -0.1) is 0 Å². The number of rotatable bonds is 10. The summed E-state index contributed by atoms with van der Waals surface area (Å²) in [4.78, 5) is 21.6. The van der Waals surface area contributed by atoms with Crippen LogP contribution in [0.2, 0.25) is 5.02 Å². The van der Waals surface area contributed by atoms with Crippen LogP contribution in [0.1, 0.15) is 53.1 Å². The normalized spacial score (nSPS) is 20.6. The molecule has 1 unspecified atom stereocenters. The van der Waals surface area contributed by atoms with Crippen molar-refractivity contribution in [1.29, 1.82) is 0 Å². The summed E-state index contributed by atoms with van der Waals surface area (Å²) in [7, 11) is -4.07. The predicted octanol–water partition coefficient (Wildman–Crippen LogP) is 2.49. The number of halogens is 1. The number of nitrogens with one attached hydrogen (secondary N) is 1. The second kappa shape index (κ2) is 11.2. The zero-order valence-corrected chi connectivity index (χ0v) is 22.0. The largest absolute Gasteiger partial charge is 0.393 e. The maximum Gasteiger partial charge on any atom is 0.333 e. The quantitative estimate of drug-likeness (QED) is 0.323. The van der Waals surface area contributed by atoms with Gasteiger partial charge in [0.2, 0.25) is 5.78 Å². The van der Waals surface area contributed by atoms with Crippen molar-refractivity contribution in [2.45, 2.75) is 38.8 Å². The van der Waals surface area contributed by atoms with Gasteiger partial charge in [-0.25, -0.2) is 15.1 Å². The Hall–Kier alpha value is -2.90. The van der Waals surface area contributed by atoms with Crippen LogP contribution in [0.25, 0.3) is 0 Å². The van der Waals surface area contributed by atoms with Gasteiger partial charge in [0.15, 0.2) is 0 Å². The fraction of sp³-hybridized carbons (Fsp3) is 0.417. The van der Waals surface area contributed by atoms with Crippen LogP contribution in [0.5, 0.6) is 0 Å². The average Bonchev–Trinajstić information content (AvgIpc) is 3.42. The summed E-state index contributed by atoms with van der Waals surface area (Å²) in [6, 6.07) is 9.09. The smallest absolute Gasteiger partial charge is 0.333 e. The summed E-state index contributed by atoms with van der Waals surface area (Å²) in [5, 5.41) is 23.5. The minimum absolute atomic E-state index is 0.0157. The molecule has 1 fully saturated rings. The van der Waals surface area contributed by atoms with Gasteiger partial charge in [-0.05, 0) is 56.4 Å². The molecule has 1 saturated carbocycles. The highest BCUT2D eigenvalue weighted by Crippen LogP contribution is 2.32. The molecule has 1 aliphatic rings. The third-order valence-corrected chi connectivity index (χ3v) is 7.27. The Morgan fingerprint density at radius 2 is 2.14 bits per heavy atom. The van der Waals surface area contributed by atoms with Crippen LogP contribution >= 0.6 is 11.6 Å². The summed E-state index contributed by atoms with van der Waals surface area (Å²) in [6.45, 7) is 4.10. The Morgan fingerprint density at radius 1 is 1.35 bits per heavy atom. The molecule has 4 N–H and O–H groups in total. The average molecular weight is 549 g/mol. The van der Waals surface area contributed by atoms with Gasteiger partial charge in [0.05, 0.1) is 24.3 Å². The highest BCUT2D eigenvalue weighted by Gasteiger charge is 2.34. The molecule has 0 aliphatic heterocycles. The van der Waals surface area contributed by atoms with Crippen LogP contribution in [0.15, 0.2) is 42.9 Å². The molecule has 4 rings (SSSR count). The molecule has 0 spiro atoms. The number of nitrogens with zero attached hydrogens (tertiary/aromatic N) is 4. The van der Waals surface area contributed by atoms with E-state index >= 15 is 0 Å². The highest BCUT2D eigenvalue weighted by molar-refractivity contribution is 7.84. The fourth-order valence-electron chi connectivity index (χ4n) is 4.66. The number of aromatic nitrogens is 4. The first-order valence-corrected chi connectivity index (χ1v) is 13.6. The van der Waals surface area contributed by atoms with Crippen molar-refractivity contribution in [3.8, 4) is 0 Å². The number of aryl methyl sites for hydroxylation is 1. The lowest BCUT2D eigenvalue weighted by molar-refractivity contribution is 0.100. The van der Waals surface area contributed by atoms with Crippen molar-refractivity contribution in [1.82, 2.24) is 19.7 Å². The van der Waals surface area contributed by atoms with E-state index in [4.69, 9.17) is 16.7 Å². The molecule has 0 bridgehead atoms. The van der Waals surface area contributed by atoms with Gasteiger partial charge in [0, 0.05) is 29.4 Å². The number of anilines is 1. The number of benzene rings is 1. The molecule has 0 radical (unpaired) electrons. The molecule has 13 heteroatoms. The van der Waals surface area contributed by atoms with Gasteiger partial charge in [-0.3, -0.25) is 13.7 Å². The van der Waals surface area contributed by atoms with E-state index < -0.39 is 16.4 Å². The second-order valence-corrected chi connectivity index (χ2v) is 10.9. The van der Waals surface area contributed by atoms with Gasteiger partial charge in [0.25, 0.3) is 0 Å². The first-order chi connectivity index (χ1) is 17.5. The van der Waals surface area contributed by atoms with E-state index in [1.165, 1.54) is 12.5 Å². The minimum Gasteiger partial charge on any atom is -0.393 e. The fourth-order valence-corrected chi connectivity index (χ4v) is 5.22. The van der Waals surface area contributed by atoms with E-state index in [2.05, 4.69) is 24.6 Å². The van der Waals surface area contributed by atoms with Crippen molar-refractivity contribution in [3.05, 3.63) is 70.4 Å². The second-order valence-electron chi connectivity index (χ2n) is 9.28. The molecule has 1 aromatic carbocycles. The van der Waals surface area contributed by atoms with Crippen molar-refractivity contribution in [2.24, 2.45) is 17.0 Å². The molecule has 2 aromatic heterocycles. The molecule has 4 atom stereocenters. The van der Waals surface area contributed by atoms with Crippen molar-refractivity contribution in [2.75, 3.05) is 18.5 Å². The maximum absolute atomic E-state index is 13.4. The first kappa shape index (κ1) is 27.1. The van der Waals surface area contributed by atoms with Gasteiger partial charge in [0.1, 0.15) is 17.8 Å². The Kier molecular flexibility index (Phi) is 8.24. The van der Waals surface area contributed by atoms with Gasteiger partial charge < -0.3 is 10.4 Å². The van der Waals surface area contributed by atoms with Crippen LogP contribution in [0.4, 0.5) is 5.82 Å². The van der Waals surface area contributed by atoms with E-state index in [0.717, 1.165) is 11.3 Å². The van der Waals surface area contributed by atoms with Gasteiger partial charge >= 0.3 is 10.3 Å². The van der Waals surface area contributed by atoms with Gasteiger partial charge in [-0.2, -0.15) is 13.5 Å². The topological polar surface area (TPSA) is 162 Å². The highest BCUT2D eigenvalue weighted by atomic mass is 35.5. The molecule has 198 valence electrons. The lowest BCUT2D eigenvalue weighted by Crippen LogP contribution is -2.24. The molecular weight excluding hydrogens is 520 g/mol. The maximum atomic E-state index is 13.4. The number of hydrogen-bond donors (Lipinski definition) is 3. The van der Waals surface area contributed by atoms with Crippen molar-refractivity contribution >= 4 is 33.5 Å². The number of nitrogens with two attached hydrogens (primary N) is 1. The molecule has 0 amide bonds. The third kappa shape index (κ3) is 6.70. The minimum atomic E-state index is -4.07. The molecule has 2 heterocycles. The van der Waals surface area contributed by atoms with E-state index in [0.29, 0.717) is 30.2 Å². The SMILES string of the molecule is Cc1cc(C(=O)c2cncnc2NC[C@@H]2C[C@H](COS(N)(=O)=O)[C@@H](O)C2)nn1C(C)c1cccc(Cl)c1. The lowest BCUT2D eigenvalue weighted by Gasteiger charge is -2.15. The number of aliphatic hydroxyl groups is 1. The first-order valence-electron chi connectivity index (χ1n) is 11.8. The predicted molar refractivity (Wildman–Crippen MR) is 137 cm³/mol. The van der Waals surface area contributed by atoms with Crippen LogP contribution in [0, 0.1) is 18.8 Å². The van der Waals surface area contributed by atoms with Crippen molar-refractivity contribution in [3.63, 3.8) is 0 Å². The molecule has 3 aromatic rings. The summed E-state index contributed by atoms with van der Waals surface area (Å²) in [6.07, 6.45) is 3.05. The summed E-state index contributed by atoms with van der Waals surface area (Å²) >= 11 is 6.14. The molecule has 1 aliphatic carbocycles. The Balaban J connectivity index is 1.45. The van der Waals surface area contributed by atoms with E-state index in [1.807, 2.05) is 32.0 Å². The number of ketones is 1. The van der Waals surface area contributed by atoms with E-state index in [-0.39, 0.29) is 41.5 Å². The van der Waals surface area contributed by atoms with Crippen LogP contribution in [0.3, 0.4) is 0 Å². The number of aliphatic hydroxyl groups excluding tert-OH is 1. The van der Waals surface area contributed by atoms with E-state index in [9.17, 15) is 18.3 Å². The van der Waals surface area contributed by atoms with Gasteiger partial charge in [-0.1, -0.05) is 23.7 Å². The van der Waals surface area contributed by atoms with Crippen LogP contribution in [-0.2, 0) is 14.5 Å². The summed E-state index contributed by atoms with van der Waals surface area (Å²) in [5.41, 5.74) is 2.32. The monoisotopic (exact) mass is 548 g/mol. The molecule has 37 heavy (non-hydrogen) atoms. The number of carbonyl (C=O) groups excluding carboxylic acids is 1. The van der Waals surface area contributed by atoms with Crippen molar-refractivity contribution < 1.29 is 22.5 Å². The van der Waals surface area contributed by atoms with E-state index in [1.54, 1.807) is 16.8 Å². The Bertz CT molecular complexity index is 1380. The zero-order valence-electron chi connectivity index (χ0n) is 20.4. The number of carbonyl (C=O) groups is 1. The Labute approximate surface area is 220 Å². The third-order valence-electron chi connectivity index (χ3n) is 6.57.